The van der Waals surface area contributed by atoms with Crippen LogP contribution in [-0.4, -0.2) is 54.9 Å². The Morgan fingerprint density at radius 2 is 1.69 bits per heavy atom. The van der Waals surface area contributed by atoms with Gasteiger partial charge in [-0.3, -0.25) is 9.59 Å². The molecule has 0 spiro atoms. The Morgan fingerprint density at radius 3 is 2.19 bits per heavy atom. The highest BCUT2D eigenvalue weighted by Gasteiger charge is 2.24. The van der Waals surface area contributed by atoms with Crippen molar-refractivity contribution in [2.75, 3.05) is 24.6 Å². The highest BCUT2D eigenvalue weighted by atomic mass is 32.2. The smallest absolute Gasteiger partial charge is 0.303 e. The van der Waals surface area contributed by atoms with Gasteiger partial charge in [0, 0.05) is 25.9 Å². The molecule has 0 aliphatic carbocycles. The molecule has 0 aromatic carbocycles. The predicted molar refractivity (Wildman–Crippen MR) is 56.7 cm³/mol. The largest absolute Gasteiger partial charge is 0.481 e. The first-order valence-corrected chi connectivity index (χ1v) is 6.93. The molecular formula is C9H15NO5S. The fraction of sp³-hybridized carbons (Fsp3) is 0.778. The van der Waals surface area contributed by atoms with E-state index in [2.05, 4.69) is 0 Å². The van der Waals surface area contributed by atoms with Crippen LogP contribution in [-0.2, 0) is 19.4 Å². The van der Waals surface area contributed by atoms with Crippen LogP contribution in [0.4, 0.5) is 0 Å². The van der Waals surface area contributed by atoms with Crippen molar-refractivity contribution in [3.05, 3.63) is 0 Å². The summed E-state index contributed by atoms with van der Waals surface area (Å²) in [6.07, 6.45) is 0.446. The van der Waals surface area contributed by atoms with Gasteiger partial charge in [-0.1, -0.05) is 0 Å². The molecule has 0 unspecified atom stereocenters. The van der Waals surface area contributed by atoms with Gasteiger partial charge in [-0.15, -0.1) is 0 Å². The summed E-state index contributed by atoms with van der Waals surface area (Å²) in [6, 6.07) is 0. The van der Waals surface area contributed by atoms with Crippen LogP contribution in [0.25, 0.3) is 0 Å². The SMILES string of the molecule is O=C(O)CCCC(=O)N1CCS(=O)(=O)CC1. The van der Waals surface area contributed by atoms with Gasteiger partial charge in [-0.25, -0.2) is 8.42 Å². The van der Waals surface area contributed by atoms with Gasteiger partial charge < -0.3 is 10.0 Å². The molecule has 6 nitrogen and oxygen atoms in total. The molecule has 1 rings (SSSR count). The normalized spacial score (nSPS) is 19.4. The zero-order valence-corrected chi connectivity index (χ0v) is 9.70. The van der Waals surface area contributed by atoms with Gasteiger partial charge in [0.2, 0.25) is 5.91 Å². The second-order valence-electron chi connectivity index (χ2n) is 3.78. The number of carboxylic acids is 1. The van der Waals surface area contributed by atoms with Gasteiger partial charge in [-0.2, -0.15) is 0 Å². The lowest BCUT2D eigenvalue weighted by Gasteiger charge is -2.26. The second-order valence-corrected chi connectivity index (χ2v) is 6.08. The molecule has 1 fully saturated rings. The third kappa shape index (κ3) is 4.18. The number of hydrogen-bond acceptors (Lipinski definition) is 4. The first-order chi connectivity index (χ1) is 7.41. The maximum atomic E-state index is 11.5. The average Bonchev–Trinajstić information content (AvgIpc) is 2.16. The van der Waals surface area contributed by atoms with E-state index in [1.807, 2.05) is 0 Å². The van der Waals surface area contributed by atoms with Crippen LogP contribution < -0.4 is 0 Å². The van der Waals surface area contributed by atoms with E-state index >= 15 is 0 Å². The van der Waals surface area contributed by atoms with Crippen LogP contribution in [0, 0.1) is 0 Å². The molecule has 7 heteroatoms. The second kappa shape index (κ2) is 5.29. The summed E-state index contributed by atoms with van der Waals surface area (Å²) in [6.45, 7) is 0.461. The Balaban J connectivity index is 2.31. The highest BCUT2D eigenvalue weighted by molar-refractivity contribution is 7.91. The molecule has 1 heterocycles. The van der Waals surface area contributed by atoms with Crippen LogP contribution >= 0.6 is 0 Å². The van der Waals surface area contributed by atoms with Crippen molar-refractivity contribution in [2.24, 2.45) is 0 Å². The van der Waals surface area contributed by atoms with Crippen LogP contribution in [0.1, 0.15) is 19.3 Å². The molecule has 1 amide bonds. The summed E-state index contributed by atoms with van der Waals surface area (Å²) in [4.78, 5) is 23.3. The minimum Gasteiger partial charge on any atom is -0.481 e. The van der Waals surface area contributed by atoms with Gasteiger partial charge in [0.1, 0.15) is 0 Å². The fourth-order valence-electron chi connectivity index (χ4n) is 1.51. The zero-order valence-electron chi connectivity index (χ0n) is 8.89. The van der Waals surface area contributed by atoms with Gasteiger partial charge in [0.05, 0.1) is 11.5 Å². The molecule has 0 radical (unpaired) electrons. The van der Waals surface area contributed by atoms with Crippen molar-refractivity contribution < 1.29 is 23.1 Å². The summed E-state index contributed by atoms with van der Waals surface area (Å²) in [5.74, 6) is -1.06. The summed E-state index contributed by atoms with van der Waals surface area (Å²) in [5.41, 5.74) is 0. The third-order valence-electron chi connectivity index (χ3n) is 2.48. The number of carboxylic acid groups (broad SMARTS) is 1. The van der Waals surface area contributed by atoms with E-state index in [1.165, 1.54) is 4.90 Å². The summed E-state index contributed by atoms with van der Waals surface area (Å²) >= 11 is 0. The molecule has 0 aromatic heterocycles. The minimum atomic E-state index is -2.97. The number of rotatable bonds is 4. The molecule has 0 aromatic rings. The molecule has 0 saturated carbocycles. The molecule has 1 aliphatic heterocycles. The van der Waals surface area contributed by atoms with E-state index < -0.39 is 15.8 Å². The lowest BCUT2D eigenvalue weighted by molar-refractivity contribution is -0.137. The number of nitrogens with zero attached hydrogens (tertiary/aromatic N) is 1. The lowest BCUT2D eigenvalue weighted by atomic mass is 10.2. The van der Waals surface area contributed by atoms with Crippen LogP contribution in [0.3, 0.4) is 0 Å². The van der Waals surface area contributed by atoms with Crippen molar-refractivity contribution in [3.8, 4) is 0 Å². The number of hydrogen-bond donors (Lipinski definition) is 1. The third-order valence-corrected chi connectivity index (χ3v) is 4.09. The summed E-state index contributed by atoms with van der Waals surface area (Å²) in [5, 5.41) is 8.40. The Hall–Kier alpha value is -1.11. The van der Waals surface area contributed by atoms with Crippen molar-refractivity contribution in [1.29, 1.82) is 0 Å². The summed E-state index contributed by atoms with van der Waals surface area (Å²) < 4.78 is 22.2. The topological polar surface area (TPSA) is 91.8 Å². The van der Waals surface area contributed by atoms with Crippen molar-refractivity contribution in [2.45, 2.75) is 19.3 Å². The Bertz CT molecular complexity index is 361. The molecular weight excluding hydrogens is 234 g/mol. The van der Waals surface area contributed by atoms with Crippen molar-refractivity contribution >= 4 is 21.7 Å². The Labute approximate surface area is 94.2 Å². The quantitative estimate of drug-likeness (QED) is 0.725. The van der Waals surface area contributed by atoms with Crippen LogP contribution in [0.5, 0.6) is 0 Å². The number of carbonyl (C=O) groups excluding carboxylic acids is 1. The maximum absolute atomic E-state index is 11.5. The monoisotopic (exact) mass is 249 g/mol. The molecule has 0 bridgehead atoms. The first-order valence-electron chi connectivity index (χ1n) is 5.11. The number of sulfone groups is 1. The predicted octanol–water partition coefficient (Wildman–Crippen LogP) is -0.502. The van der Waals surface area contributed by atoms with E-state index in [-0.39, 0.29) is 43.3 Å². The molecule has 0 atom stereocenters. The standard InChI is InChI=1S/C9H15NO5S/c11-8(2-1-3-9(12)13)10-4-6-16(14,15)7-5-10/h1-7H2,(H,12,13). The maximum Gasteiger partial charge on any atom is 0.303 e. The molecule has 92 valence electrons. The van der Waals surface area contributed by atoms with Gasteiger partial charge >= 0.3 is 5.97 Å². The van der Waals surface area contributed by atoms with Gasteiger partial charge in [0.25, 0.3) is 0 Å². The zero-order chi connectivity index (χ0) is 12.2. The molecule has 1 saturated heterocycles. The van der Waals surface area contributed by atoms with E-state index in [9.17, 15) is 18.0 Å². The van der Waals surface area contributed by atoms with Crippen molar-refractivity contribution in [1.82, 2.24) is 4.90 Å². The van der Waals surface area contributed by atoms with Crippen molar-refractivity contribution in [3.63, 3.8) is 0 Å². The number of carbonyl (C=O) groups is 2. The summed E-state index contributed by atoms with van der Waals surface area (Å²) in [7, 11) is -2.97. The first kappa shape index (κ1) is 13.0. The Kier molecular flexibility index (Phi) is 4.28. The number of aliphatic carboxylic acids is 1. The molecule has 1 N–H and O–H groups in total. The Morgan fingerprint density at radius 1 is 1.12 bits per heavy atom. The van der Waals surface area contributed by atoms with Crippen LogP contribution in [0.15, 0.2) is 0 Å². The average molecular weight is 249 g/mol. The van der Waals surface area contributed by atoms with E-state index in [1.54, 1.807) is 0 Å². The van der Waals surface area contributed by atoms with Crippen LogP contribution in [0.2, 0.25) is 0 Å². The van der Waals surface area contributed by atoms with E-state index in [0.29, 0.717) is 6.42 Å². The highest BCUT2D eigenvalue weighted by Crippen LogP contribution is 2.07. The van der Waals surface area contributed by atoms with E-state index in [0.717, 1.165) is 0 Å². The lowest BCUT2D eigenvalue weighted by Crippen LogP contribution is -2.43. The fourth-order valence-corrected chi connectivity index (χ4v) is 2.71. The molecule has 1 aliphatic rings. The minimum absolute atomic E-state index is 0.0116. The van der Waals surface area contributed by atoms with Gasteiger partial charge in [0.15, 0.2) is 9.84 Å². The molecule has 16 heavy (non-hydrogen) atoms. The van der Waals surface area contributed by atoms with Gasteiger partial charge in [-0.05, 0) is 6.42 Å². The van der Waals surface area contributed by atoms with E-state index in [4.69, 9.17) is 5.11 Å². The number of amides is 1.